The average molecular weight is 138 g/mol. The minimum Gasteiger partial charge on any atom is -0.120 e. The van der Waals surface area contributed by atoms with Gasteiger partial charge in [-0.25, -0.2) is 0 Å². The zero-order valence-corrected chi connectivity index (χ0v) is 7.35. The molecule has 0 N–H and O–H groups in total. The third-order valence-corrected chi connectivity index (χ3v) is 1.97. The van der Waals surface area contributed by atoms with Crippen LogP contribution < -0.4 is 0 Å². The molecule has 0 aromatic rings. The zero-order chi connectivity index (χ0) is 7.98. The quantitative estimate of drug-likeness (QED) is 0.524. The summed E-state index contributed by atoms with van der Waals surface area (Å²) < 4.78 is 0. The first-order chi connectivity index (χ1) is 4.70. The second kappa shape index (κ2) is 5.35. The van der Waals surface area contributed by atoms with Gasteiger partial charge in [0.1, 0.15) is 0 Å². The van der Waals surface area contributed by atoms with Crippen LogP contribution in [0.5, 0.6) is 0 Å². The molecule has 0 aliphatic rings. The SMILES string of the molecule is C#CCC(C)CC(C)CC. The van der Waals surface area contributed by atoms with Gasteiger partial charge in [-0.1, -0.05) is 27.2 Å². The molecule has 2 unspecified atom stereocenters. The maximum Gasteiger partial charge on any atom is 0.0112 e. The molecule has 0 aliphatic heterocycles. The molecule has 58 valence electrons. The Hall–Kier alpha value is -0.440. The molecule has 0 spiro atoms. The Kier molecular flexibility index (Phi) is 5.12. The Morgan fingerprint density at radius 2 is 1.90 bits per heavy atom. The molecule has 0 heteroatoms. The fourth-order valence-electron chi connectivity index (χ4n) is 1.14. The van der Waals surface area contributed by atoms with Crippen LogP contribution in [0.3, 0.4) is 0 Å². The highest BCUT2D eigenvalue weighted by molar-refractivity contribution is 4.85. The summed E-state index contributed by atoms with van der Waals surface area (Å²) in [4.78, 5) is 0. The summed E-state index contributed by atoms with van der Waals surface area (Å²) in [6, 6.07) is 0. The molecule has 0 aromatic heterocycles. The number of rotatable bonds is 4. The van der Waals surface area contributed by atoms with E-state index in [9.17, 15) is 0 Å². The molecular formula is C10H18. The molecule has 0 bridgehead atoms. The lowest BCUT2D eigenvalue weighted by Gasteiger charge is -2.12. The first-order valence-corrected chi connectivity index (χ1v) is 4.14. The molecule has 0 aliphatic carbocycles. The van der Waals surface area contributed by atoms with Crippen molar-refractivity contribution in [2.75, 3.05) is 0 Å². The predicted molar refractivity (Wildman–Crippen MR) is 46.7 cm³/mol. The highest BCUT2D eigenvalue weighted by Crippen LogP contribution is 2.16. The Bertz CT molecular complexity index is 108. The molecule has 0 rings (SSSR count). The fraction of sp³-hybridized carbons (Fsp3) is 0.800. The van der Waals surface area contributed by atoms with Gasteiger partial charge in [0.05, 0.1) is 0 Å². The van der Waals surface area contributed by atoms with Crippen molar-refractivity contribution in [1.29, 1.82) is 0 Å². The van der Waals surface area contributed by atoms with Gasteiger partial charge in [0, 0.05) is 6.42 Å². The van der Waals surface area contributed by atoms with Gasteiger partial charge in [0.25, 0.3) is 0 Å². The number of hydrogen-bond acceptors (Lipinski definition) is 0. The summed E-state index contributed by atoms with van der Waals surface area (Å²) in [5.74, 6) is 4.24. The van der Waals surface area contributed by atoms with Gasteiger partial charge >= 0.3 is 0 Å². The van der Waals surface area contributed by atoms with E-state index >= 15 is 0 Å². The molecule has 0 fully saturated rings. The van der Waals surface area contributed by atoms with Crippen LogP contribution >= 0.6 is 0 Å². The van der Waals surface area contributed by atoms with E-state index < -0.39 is 0 Å². The van der Waals surface area contributed by atoms with Crippen LogP contribution in [0, 0.1) is 24.2 Å². The number of hydrogen-bond donors (Lipinski definition) is 0. The van der Waals surface area contributed by atoms with Crippen molar-refractivity contribution in [3.05, 3.63) is 0 Å². The molecule has 0 aromatic carbocycles. The maximum absolute atomic E-state index is 5.20. The smallest absolute Gasteiger partial charge is 0.0112 e. The number of terminal acetylenes is 1. The van der Waals surface area contributed by atoms with Crippen molar-refractivity contribution in [3.63, 3.8) is 0 Å². The molecule has 10 heavy (non-hydrogen) atoms. The van der Waals surface area contributed by atoms with Crippen LogP contribution in [-0.4, -0.2) is 0 Å². The molecule has 0 heterocycles. The van der Waals surface area contributed by atoms with Crippen molar-refractivity contribution >= 4 is 0 Å². The summed E-state index contributed by atoms with van der Waals surface area (Å²) in [5.41, 5.74) is 0. The summed E-state index contributed by atoms with van der Waals surface area (Å²) in [6.07, 6.45) is 8.68. The first kappa shape index (κ1) is 9.56. The van der Waals surface area contributed by atoms with E-state index in [0.29, 0.717) is 5.92 Å². The normalized spacial score (nSPS) is 15.8. The van der Waals surface area contributed by atoms with Gasteiger partial charge in [0.15, 0.2) is 0 Å². The summed E-state index contributed by atoms with van der Waals surface area (Å²) in [6.45, 7) is 6.74. The van der Waals surface area contributed by atoms with Crippen LogP contribution in [-0.2, 0) is 0 Å². The van der Waals surface area contributed by atoms with Crippen LogP contribution in [0.4, 0.5) is 0 Å². The molecule has 0 saturated heterocycles. The highest BCUT2D eigenvalue weighted by Gasteiger charge is 2.04. The lowest BCUT2D eigenvalue weighted by molar-refractivity contribution is 0.412. The Labute approximate surface area is 65.0 Å². The summed E-state index contributed by atoms with van der Waals surface area (Å²) in [5, 5.41) is 0. The van der Waals surface area contributed by atoms with Gasteiger partial charge < -0.3 is 0 Å². The molecule has 2 atom stereocenters. The Balaban J connectivity index is 3.38. The summed E-state index contributed by atoms with van der Waals surface area (Å²) in [7, 11) is 0. The van der Waals surface area contributed by atoms with E-state index in [-0.39, 0.29) is 0 Å². The van der Waals surface area contributed by atoms with E-state index in [1.165, 1.54) is 12.8 Å². The third kappa shape index (κ3) is 4.44. The monoisotopic (exact) mass is 138 g/mol. The van der Waals surface area contributed by atoms with Crippen LogP contribution in [0.25, 0.3) is 0 Å². The van der Waals surface area contributed by atoms with Crippen LogP contribution in [0.15, 0.2) is 0 Å². The van der Waals surface area contributed by atoms with E-state index in [0.717, 1.165) is 12.3 Å². The van der Waals surface area contributed by atoms with Crippen molar-refractivity contribution in [3.8, 4) is 12.3 Å². The van der Waals surface area contributed by atoms with Gasteiger partial charge in [0.2, 0.25) is 0 Å². The summed E-state index contributed by atoms with van der Waals surface area (Å²) >= 11 is 0. The van der Waals surface area contributed by atoms with Crippen molar-refractivity contribution in [2.45, 2.75) is 40.0 Å². The highest BCUT2D eigenvalue weighted by atomic mass is 14.1. The molecule has 0 radical (unpaired) electrons. The molecule has 0 amide bonds. The minimum atomic E-state index is 0.708. The third-order valence-electron chi connectivity index (χ3n) is 1.97. The second-order valence-corrected chi connectivity index (χ2v) is 3.26. The molecule has 0 nitrogen and oxygen atoms in total. The minimum absolute atomic E-state index is 0.708. The van der Waals surface area contributed by atoms with Crippen LogP contribution in [0.1, 0.15) is 40.0 Å². The van der Waals surface area contributed by atoms with E-state index in [1.54, 1.807) is 0 Å². The fourth-order valence-corrected chi connectivity index (χ4v) is 1.14. The predicted octanol–water partition coefficient (Wildman–Crippen LogP) is 3.08. The van der Waals surface area contributed by atoms with Crippen LogP contribution in [0.2, 0.25) is 0 Å². The van der Waals surface area contributed by atoms with Crippen molar-refractivity contribution < 1.29 is 0 Å². The first-order valence-electron chi connectivity index (χ1n) is 4.14. The Morgan fingerprint density at radius 1 is 1.30 bits per heavy atom. The van der Waals surface area contributed by atoms with Gasteiger partial charge in [-0.2, -0.15) is 0 Å². The van der Waals surface area contributed by atoms with E-state index in [2.05, 4.69) is 26.7 Å². The van der Waals surface area contributed by atoms with Gasteiger partial charge in [-0.05, 0) is 18.3 Å². The van der Waals surface area contributed by atoms with Gasteiger partial charge in [-0.15, -0.1) is 12.3 Å². The van der Waals surface area contributed by atoms with Crippen molar-refractivity contribution in [2.24, 2.45) is 11.8 Å². The second-order valence-electron chi connectivity index (χ2n) is 3.26. The molecular weight excluding hydrogens is 120 g/mol. The standard InChI is InChI=1S/C10H18/c1-5-7-10(4)8-9(3)6-2/h1,9-10H,6-8H2,2-4H3. The zero-order valence-electron chi connectivity index (χ0n) is 7.35. The van der Waals surface area contributed by atoms with Gasteiger partial charge in [-0.3, -0.25) is 0 Å². The lowest BCUT2D eigenvalue weighted by Crippen LogP contribution is -2.00. The Morgan fingerprint density at radius 3 is 2.30 bits per heavy atom. The average Bonchev–Trinajstić information content (AvgIpc) is 1.88. The lowest BCUT2D eigenvalue weighted by atomic mass is 9.93. The van der Waals surface area contributed by atoms with E-state index in [1.807, 2.05) is 0 Å². The maximum atomic E-state index is 5.20. The topological polar surface area (TPSA) is 0 Å². The molecule has 0 saturated carbocycles. The van der Waals surface area contributed by atoms with Crippen molar-refractivity contribution in [1.82, 2.24) is 0 Å². The largest absolute Gasteiger partial charge is 0.120 e. The van der Waals surface area contributed by atoms with E-state index in [4.69, 9.17) is 6.42 Å².